The first-order valence-corrected chi connectivity index (χ1v) is 4.00. The molecule has 56 valence electrons. The Kier molecular flexibility index (Phi) is 5.00. The fourth-order valence-electron chi connectivity index (χ4n) is 0.102. The second kappa shape index (κ2) is 3.80. The average molecular weight is 200 g/mol. The summed E-state index contributed by atoms with van der Waals surface area (Å²) in [5, 5.41) is 0. The molecule has 0 aliphatic rings. The standard InChI is InChI=1S/Mg.H2O7S2/c;1-8(2,3)7-9(4,5)6/h;(H,1,2,3)(H,4,5,6)/q+2;/p-2. The van der Waals surface area contributed by atoms with Crippen molar-refractivity contribution in [2.45, 2.75) is 0 Å². The Morgan fingerprint density at radius 3 is 1.10 bits per heavy atom. The van der Waals surface area contributed by atoms with E-state index in [0.717, 1.165) is 0 Å². The van der Waals surface area contributed by atoms with Crippen LogP contribution in [0.15, 0.2) is 0 Å². The van der Waals surface area contributed by atoms with Gasteiger partial charge in [0, 0.05) is 0 Å². The van der Waals surface area contributed by atoms with Crippen molar-refractivity contribution in [3.05, 3.63) is 0 Å². The van der Waals surface area contributed by atoms with E-state index in [1.807, 2.05) is 0 Å². The maximum Gasteiger partial charge on any atom is 2.00 e. The first-order valence-electron chi connectivity index (χ1n) is 1.33. The van der Waals surface area contributed by atoms with Gasteiger partial charge >= 0.3 is 23.1 Å². The summed E-state index contributed by atoms with van der Waals surface area (Å²) in [6.07, 6.45) is 0. The van der Waals surface area contributed by atoms with Crippen molar-refractivity contribution in [2.75, 3.05) is 0 Å². The minimum absolute atomic E-state index is 0. The third-order valence-electron chi connectivity index (χ3n) is 0.167. The predicted molar refractivity (Wildman–Crippen MR) is 26.2 cm³/mol. The van der Waals surface area contributed by atoms with Crippen LogP contribution < -0.4 is 0 Å². The quantitative estimate of drug-likeness (QED) is 0.275. The second-order valence-corrected chi connectivity index (χ2v) is 3.06. The van der Waals surface area contributed by atoms with Gasteiger partial charge in [0.2, 0.25) is 20.8 Å². The van der Waals surface area contributed by atoms with Crippen LogP contribution in [-0.2, 0) is 24.4 Å². The third-order valence-corrected chi connectivity index (χ3v) is 1.50. The van der Waals surface area contributed by atoms with E-state index in [9.17, 15) is 25.9 Å². The Morgan fingerprint density at radius 2 is 1.10 bits per heavy atom. The molecule has 0 aliphatic heterocycles. The molecule has 0 unspecified atom stereocenters. The topological polar surface area (TPSA) is 124 Å². The molecule has 0 aromatic heterocycles. The summed E-state index contributed by atoms with van der Waals surface area (Å²) in [6.45, 7) is 0. The van der Waals surface area contributed by atoms with Crippen LogP contribution in [0, 0.1) is 0 Å². The van der Waals surface area contributed by atoms with E-state index < -0.39 is 20.8 Å². The molecule has 0 amide bonds. The Morgan fingerprint density at radius 1 is 0.900 bits per heavy atom. The molecule has 10 heteroatoms. The summed E-state index contributed by atoms with van der Waals surface area (Å²) >= 11 is 0. The molecule has 0 atom stereocenters. The molecule has 0 heterocycles. The molecule has 10 heavy (non-hydrogen) atoms. The molecule has 0 bridgehead atoms. The van der Waals surface area contributed by atoms with Gasteiger partial charge < -0.3 is 9.11 Å². The summed E-state index contributed by atoms with van der Waals surface area (Å²) in [5.74, 6) is 0. The summed E-state index contributed by atoms with van der Waals surface area (Å²) in [5.41, 5.74) is 0. The van der Waals surface area contributed by atoms with E-state index >= 15 is 0 Å². The van der Waals surface area contributed by atoms with Gasteiger partial charge in [0.1, 0.15) is 0 Å². The van der Waals surface area contributed by atoms with Crippen molar-refractivity contribution in [2.24, 2.45) is 0 Å². The monoisotopic (exact) mass is 200 g/mol. The smallest absolute Gasteiger partial charge is 0.725 e. The molecule has 0 aromatic rings. The van der Waals surface area contributed by atoms with Crippen LogP contribution >= 0.6 is 0 Å². The van der Waals surface area contributed by atoms with Gasteiger partial charge in [0.05, 0.1) is 0 Å². The van der Waals surface area contributed by atoms with Crippen LogP contribution in [0.5, 0.6) is 0 Å². The first-order chi connectivity index (χ1) is 3.71. The first kappa shape index (κ1) is 13.2. The van der Waals surface area contributed by atoms with Gasteiger partial charge in [0.25, 0.3) is 0 Å². The van der Waals surface area contributed by atoms with Crippen molar-refractivity contribution in [3.63, 3.8) is 0 Å². The van der Waals surface area contributed by atoms with Crippen LogP contribution in [0.4, 0.5) is 0 Å². The SMILES string of the molecule is O=S(=O)([O-])OS(=O)(=O)[O-].[Mg+2]. The zero-order valence-electron chi connectivity index (χ0n) is 4.38. The van der Waals surface area contributed by atoms with Gasteiger partial charge in [-0.25, -0.2) is 16.8 Å². The van der Waals surface area contributed by atoms with Gasteiger partial charge in [0.15, 0.2) is 0 Å². The van der Waals surface area contributed by atoms with Gasteiger partial charge in [-0.2, -0.15) is 3.63 Å². The zero-order valence-corrected chi connectivity index (χ0v) is 7.43. The van der Waals surface area contributed by atoms with Gasteiger partial charge in [-0.1, -0.05) is 0 Å². The number of hydrogen-bond acceptors (Lipinski definition) is 7. The third kappa shape index (κ3) is 11.4. The second-order valence-electron chi connectivity index (χ2n) is 0.885. The zero-order chi connectivity index (χ0) is 7.71. The van der Waals surface area contributed by atoms with Crippen molar-refractivity contribution in [1.29, 1.82) is 0 Å². The molecule has 0 spiro atoms. The normalized spacial score (nSPS) is 12.2. The maximum atomic E-state index is 9.29. The molecular weight excluding hydrogens is 200 g/mol. The molecule has 0 N–H and O–H groups in total. The average Bonchev–Trinajstić information content (AvgIpc) is 1.14. The molecule has 0 saturated carbocycles. The fraction of sp³-hybridized carbons (Fsp3) is 0. The molecule has 0 saturated heterocycles. The van der Waals surface area contributed by atoms with E-state index in [2.05, 4.69) is 3.63 Å². The van der Waals surface area contributed by atoms with Gasteiger partial charge in [-0.3, -0.25) is 0 Å². The van der Waals surface area contributed by atoms with Crippen LogP contribution in [0.3, 0.4) is 0 Å². The largest absolute Gasteiger partial charge is 2.00 e. The van der Waals surface area contributed by atoms with Crippen molar-refractivity contribution in [3.8, 4) is 0 Å². The molecule has 0 rings (SSSR count). The van der Waals surface area contributed by atoms with E-state index in [-0.39, 0.29) is 23.1 Å². The molecule has 7 nitrogen and oxygen atoms in total. The molecule has 0 radical (unpaired) electrons. The van der Waals surface area contributed by atoms with Crippen LogP contribution in [0.25, 0.3) is 0 Å². The van der Waals surface area contributed by atoms with E-state index in [1.165, 1.54) is 0 Å². The van der Waals surface area contributed by atoms with Crippen LogP contribution in [0.2, 0.25) is 0 Å². The van der Waals surface area contributed by atoms with Gasteiger partial charge in [-0.05, 0) is 0 Å². The fourth-order valence-corrected chi connectivity index (χ4v) is 0.919. The number of hydrogen-bond donors (Lipinski definition) is 0. The predicted octanol–water partition coefficient (Wildman–Crippen LogP) is -2.46. The van der Waals surface area contributed by atoms with E-state index in [0.29, 0.717) is 0 Å². The molecule has 0 aliphatic carbocycles. The minimum atomic E-state index is -5.43. The maximum absolute atomic E-state index is 9.29. The van der Waals surface area contributed by atoms with Crippen LogP contribution in [0.1, 0.15) is 0 Å². The van der Waals surface area contributed by atoms with E-state index in [4.69, 9.17) is 0 Å². The van der Waals surface area contributed by atoms with Crippen LogP contribution in [-0.4, -0.2) is 49.0 Å². The Bertz CT molecular complexity index is 237. The van der Waals surface area contributed by atoms with E-state index in [1.54, 1.807) is 0 Å². The molecule has 0 aromatic carbocycles. The minimum Gasteiger partial charge on any atom is -0.725 e. The summed E-state index contributed by atoms with van der Waals surface area (Å²) in [4.78, 5) is 0. The summed E-state index contributed by atoms with van der Waals surface area (Å²) in [6, 6.07) is 0. The summed E-state index contributed by atoms with van der Waals surface area (Å²) < 4.78 is 58.2. The number of rotatable bonds is 2. The van der Waals surface area contributed by atoms with Gasteiger partial charge in [-0.15, -0.1) is 0 Å². The Balaban J connectivity index is 0. The van der Waals surface area contributed by atoms with Crippen molar-refractivity contribution in [1.82, 2.24) is 0 Å². The summed E-state index contributed by atoms with van der Waals surface area (Å²) in [7, 11) is -10.9. The molecular formula is MgO7S2. The van der Waals surface area contributed by atoms with Crippen molar-refractivity contribution < 1.29 is 29.6 Å². The van der Waals surface area contributed by atoms with Crippen molar-refractivity contribution >= 4 is 43.9 Å². The molecule has 0 fully saturated rings. The Hall–Kier alpha value is 0.546. The Labute approximate surface area is 73.4 Å².